The maximum atomic E-state index is 12.9. The number of aromatic amines is 2. The Hall–Kier alpha value is -3.60. The van der Waals surface area contributed by atoms with Crippen LogP contribution in [0, 0.1) is 0 Å². The molecule has 3 aliphatic rings. The van der Waals surface area contributed by atoms with Crippen LogP contribution in [0.1, 0.15) is 18.9 Å². The molecule has 25 heteroatoms. The molecule has 242 valence electrons. The van der Waals surface area contributed by atoms with Crippen molar-refractivity contribution in [3.05, 3.63) is 33.4 Å². The fraction of sp³-hybridized carbons (Fsp3) is 0.500. The van der Waals surface area contributed by atoms with E-state index < -0.39 is 83.0 Å². The minimum absolute atomic E-state index is 0.0144. The van der Waals surface area contributed by atoms with Gasteiger partial charge in [-0.25, -0.2) is 9.97 Å². The van der Waals surface area contributed by atoms with Crippen LogP contribution < -0.4 is 32.4 Å². The van der Waals surface area contributed by atoms with Crippen LogP contribution in [0.5, 0.6) is 0 Å². The number of anilines is 2. The predicted octanol–water partition coefficient (Wildman–Crippen LogP) is -3.28. The minimum Gasteiger partial charge on any atom is -0.756 e. The molecule has 0 aliphatic carbocycles. The summed E-state index contributed by atoms with van der Waals surface area (Å²) in [6.45, 7) is -1.66. The molecule has 0 aromatic carbocycles. The van der Waals surface area contributed by atoms with Crippen molar-refractivity contribution in [1.82, 2.24) is 39.0 Å². The summed E-state index contributed by atoms with van der Waals surface area (Å²) in [5.74, 6) is -0.493. The van der Waals surface area contributed by atoms with Gasteiger partial charge in [-0.1, -0.05) is 0 Å². The summed E-state index contributed by atoms with van der Waals surface area (Å²) in [5.41, 5.74) is 9.58. The van der Waals surface area contributed by atoms with E-state index in [0.29, 0.717) is 0 Å². The Morgan fingerprint density at radius 3 is 2.04 bits per heavy atom. The fourth-order valence-corrected chi connectivity index (χ4v) is 7.23. The van der Waals surface area contributed by atoms with Crippen molar-refractivity contribution >= 4 is 49.9 Å². The van der Waals surface area contributed by atoms with Gasteiger partial charge in [-0.3, -0.25) is 37.8 Å². The Bertz CT molecular complexity index is 2010. The van der Waals surface area contributed by atoms with Crippen molar-refractivity contribution in [2.45, 2.75) is 49.4 Å². The van der Waals surface area contributed by atoms with Crippen LogP contribution in [-0.4, -0.2) is 87.9 Å². The van der Waals surface area contributed by atoms with Gasteiger partial charge in [-0.2, -0.15) is 9.97 Å². The first-order valence-electron chi connectivity index (χ1n) is 13.0. The normalized spacial score (nSPS) is 36.0. The lowest BCUT2D eigenvalue weighted by atomic mass is 10.1. The molecule has 3 aliphatic heterocycles. The molecule has 4 aromatic heterocycles. The first-order valence-corrected chi connectivity index (χ1v) is 15.9. The largest absolute Gasteiger partial charge is 0.756 e. The summed E-state index contributed by atoms with van der Waals surface area (Å²) in [6.07, 6.45) is -8.24. The van der Waals surface area contributed by atoms with Crippen molar-refractivity contribution in [1.29, 1.82) is 0 Å². The zero-order chi connectivity index (χ0) is 31.8. The molecule has 7 N–H and O–H groups in total. The van der Waals surface area contributed by atoms with Crippen LogP contribution in [0.25, 0.3) is 22.3 Å². The molecule has 7 heterocycles. The zero-order valence-electron chi connectivity index (χ0n) is 22.4. The lowest BCUT2D eigenvalue weighted by Crippen LogP contribution is -2.39. The van der Waals surface area contributed by atoms with Crippen molar-refractivity contribution in [3.63, 3.8) is 0 Å². The molecule has 3 fully saturated rings. The van der Waals surface area contributed by atoms with E-state index in [1.807, 2.05) is 0 Å². The Labute approximate surface area is 248 Å². The molecule has 0 radical (unpaired) electrons. The van der Waals surface area contributed by atoms with E-state index in [0.717, 1.165) is 10.9 Å². The smallest absolute Gasteiger partial charge is 0.280 e. The second kappa shape index (κ2) is 10.7. The van der Waals surface area contributed by atoms with Crippen LogP contribution in [0.3, 0.4) is 0 Å². The highest BCUT2D eigenvalue weighted by Crippen LogP contribution is 2.50. The van der Waals surface area contributed by atoms with Crippen LogP contribution in [0.2, 0.25) is 0 Å². The molecule has 0 spiro atoms. The van der Waals surface area contributed by atoms with E-state index in [9.17, 15) is 33.6 Å². The number of imidazole rings is 2. The number of phosphoric acid groups is 2. The maximum Gasteiger partial charge on any atom is 0.280 e. The molecule has 7 rings (SSSR count). The van der Waals surface area contributed by atoms with Gasteiger partial charge >= 0.3 is 0 Å². The van der Waals surface area contributed by atoms with E-state index in [2.05, 4.69) is 29.9 Å². The number of ether oxygens (including phenoxy) is 2. The number of hydrogen-bond acceptors (Lipinski definition) is 19. The Balaban J connectivity index is 1.16. The monoisotopic (exact) mass is 672 g/mol. The van der Waals surface area contributed by atoms with Gasteiger partial charge in [0.05, 0.1) is 32.0 Å². The van der Waals surface area contributed by atoms with E-state index in [1.165, 1.54) is 10.9 Å². The molecule has 4 unspecified atom stereocenters. The number of nitrogens with two attached hydrogens (primary N) is 2. The molecule has 4 aromatic rings. The molecule has 0 bridgehead atoms. The first kappa shape index (κ1) is 30.1. The predicted molar refractivity (Wildman–Crippen MR) is 140 cm³/mol. The second-order valence-electron chi connectivity index (χ2n) is 10.2. The third-order valence-electron chi connectivity index (χ3n) is 7.28. The van der Waals surface area contributed by atoms with Crippen LogP contribution in [0.15, 0.2) is 22.2 Å². The molecule has 0 amide bonds. The Morgan fingerprint density at radius 2 is 1.40 bits per heavy atom. The van der Waals surface area contributed by atoms with Crippen molar-refractivity contribution in [2.75, 3.05) is 24.7 Å². The fourth-order valence-electron chi connectivity index (χ4n) is 5.33. The molecule has 3 saturated heterocycles. The van der Waals surface area contributed by atoms with Crippen LogP contribution in [0.4, 0.5) is 11.9 Å². The standard InChI is InChI=1S/C20H24N10O13P2/c21-19-25-14-10(16(32)27-19)23-4-29(14)9-1-6-7(40-9)2-38-45(36,37)43-13-8(3-39-44(34,35)42-6)41-18(12(13)31)30-5-24-11-15(30)26-20(22)28-17(11)33/h4-9,12-13,18,31H,1-3H2,(H,34,35)(H,36,37)(H3,21,25,27,32)(H3,22,26,28,33)/p-2/t6?,7-,8-,9+,12-,13?,18+/m0/s1. The number of nitrogen functional groups attached to an aromatic ring is 2. The SMILES string of the molecule is Nc1nc2c(ncn2[C@@H]2O[C@H]3COP(=O)([O-])OC4C[C@H](n5cnc6c(=O)[nH]c(N)nc65)O[C@H]4COP(=O)([O-])OC3[C@@H]2O)c(=O)[nH]1. The number of fused-ring (bicyclic) bond motifs is 4. The van der Waals surface area contributed by atoms with Gasteiger partial charge < -0.3 is 53.9 Å². The number of H-pyrrole nitrogens is 2. The molecule has 9 atom stereocenters. The molecular weight excluding hydrogens is 650 g/mol. The number of rotatable bonds is 2. The Morgan fingerprint density at radius 1 is 0.844 bits per heavy atom. The average Bonchev–Trinajstić information content (AvgIpc) is 3.71. The van der Waals surface area contributed by atoms with Gasteiger partial charge in [0.1, 0.15) is 30.6 Å². The van der Waals surface area contributed by atoms with E-state index in [4.69, 9.17) is 39.0 Å². The number of nitrogens with one attached hydrogen (secondary N) is 2. The van der Waals surface area contributed by atoms with E-state index in [-0.39, 0.29) is 40.6 Å². The minimum atomic E-state index is -5.26. The number of aliphatic hydroxyl groups is 1. The zero-order valence-corrected chi connectivity index (χ0v) is 24.2. The molecule has 45 heavy (non-hydrogen) atoms. The summed E-state index contributed by atoms with van der Waals surface area (Å²) in [6, 6.07) is 0. The van der Waals surface area contributed by atoms with Gasteiger partial charge in [-0.15, -0.1) is 0 Å². The van der Waals surface area contributed by atoms with Gasteiger partial charge in [0.2, 0.25) is 11.9 Å². The first-order chi connectivity index (χ1) is 21.3. The number of hydrogen-bond donors (Lipinski definition) is 5. The summed E-state index contributed by atoms with van der Waals surface area (Å²) in [4.78, 5) is 70.7. The third-order valence-corrected chi connectivity index (χ3v) is 9.25. The summed E-state index contributed by atoms with van der Waals surface area (Å²) < 4.78 is 60.3. The summed E-state index contributed by atoms with van der Waals surface area (Å²) in [7, 11) is -10.4. The molecular formula is C20H22N10O13P2-2. The lowest BCUT2D eigenvalue weighted by Gasteiger charge is -2.34. The molecule has 23 nitrogen and oxygen atoms in total. The van der Waals surface area contributed by atoms with Gasteiger partial charge in [0.25, 0.3) is 26.8 Å². The van der Waals surface area contributed by atoms with Crippen molar-refractivity contribution < 1.29 is 51.6 Å². The quantitative estimate of drug-likeness (QED) is 0.130. The van der Waals surface area contributed by atoms with Crippen molar-refractivity contribution in [2.24, 2.45) is 0 Å². The Kier molecular flexibility index (Phi) is 7.18. The topological polar surface area (TPSA) is 335 Å². The summed E-state index contributed by atoms with van der Waals surface area (Å²) >= 11 is 0. The van der Waals surface area contributed by atoms with E-state index >= 15 is 0 Å². The number of aliphatic hydroxyl groups excluding tert-OH is 1. The third kappa shape index (κ3) is 5.47. The van der Waals surface area contributed by atoms with E-state index in [1.54, 1.807) is 0 Å². The van der Waals surface area contributed by atoms with Crippen LogP contribution >= 0.6 is 15.6 Å². The highest BCUT2D eigenvalue weighted by atomic mass is 31.2. The summed E-state index contributed by atoms with van der Waals surface area (Å²) in [5, 5.41) is 11.1. The maximum absolute atomic E-state index is 12.9. The second-order valence-corrected chi connectivity index (χ2v) is 12.9. The van der Waals surface area contributed by atoms with Gasteiger partial charge in [-0.05, 0) is 0 Å². The van der Waals surface area contributed by atoms with Gasteiger partial charge in [0.15, 0.2) is 28.6 Å². The highest BCUT2D eigenvalue weighted by Gasteiger charge is 2.49. The lowest BCUT2D eigenvalue weighted by molar-refractivity contribution is -0.243. The number of aromatic nitrogens is 8. The van der Waals surface area contributed by atoms with Crippen molar-refractivity contribution in [3.8, 4) is 0 Å². The number of nitrogens with zero attached hydrogens (tertiary/aromatic N) is 6. The average molecular weight is 672 g/mol. The number of phosphoric ester groups is 2. The molecule has 0 saturated carbocycles. The van der Waals surface area contributed by atoms with Crippen LogP contribution in [-0.2, 0) is 36.7 Å². The van der Waals surface area contributed by atoms with Gasteiger partial charge in [0, 0.05) is 6.42 Å². The highest BCUT2D eigenvalue weighted by molar-refractivity contribution is 7.46.